The summed E-state index contributed by atoms with van der Waals surface area (Å²) < 4.78 is 124. The van der Waals surface area contributed by atoms with Gasteiger partial charge in [-0.05, 0) is 12.1 Å². The summed E-state index contributed by atoms with van der Waals surface area (Å²) in [5.74, 6) is 0. The SMILES string of the molecule is O=S(=O)(NS(=O)(=O)C(F)(F)S(=O)(=O)c1ccccc1)C(F)(F)F. The average molecular weight is 403 g/mol. The van der Waals surface area contributed by atoms with Crippen molar-refractivity contribution in [3.8, 4) is 0 Å². The highest BCUT2D eigenvalue weighted by molar-refractivity contribution is 8.14. The van der Waals surface area contributed by atoms with Gasteiger partial charge < -0.3 is 0 Å². The molecule has 23 heavy (non-hydrogen) atoms. The van der Waals surface area contributed by atoms with E-state index in [-0.39, 0.29) is 4.13 Å². The minimum atomic E-state index is -6.79. The number of hydrogen-bond donors (Lipinski definition) is 1. The van der Waals surface area contributed by atoms with Gasteiger partial charge in [0.05, 0.1) is 4.90 Å². The van der Waals surface area contributed by atoms with Crippen molar-refractivity contribution in [1.29, 1.82) is 0 Å². The molecule has 1 N–H and O–H groups in total. The number of rotatable bonds is 5. The number of benzene rings is 1. The van der Waals surface area contributed by atoms with Crippen LogP contribution in [0.15, 0.2) is 35.2 Å². The second-order valence-electron chi connectivity index (χ2n) is 3.82. The molecule has 0 atom stereocenters. The summed E-state index contributed by atoms with van der Waals surface area (Å²) in [6, 6.07) is 4.18. The van der Waals surface area contributed by atoms with Crippen molar-refractivity contribution in [1.82, 2.24) is 4.13 Å². The van der Waals surface area contributed by atoms with Crippen LogP contribution in [0, 0.1) is 0 Å². The molecule has 0 heterocycles. The van der Waals surface area contributed by atoms with Crippen molar-refractivity contribution in [3.05, 3.63) is 30.3 Å². The first kappa shape index (κ1) is 19.7. The molecular weight excluding hydrogens is 397 g/mol. The Labute approximate surface area is 127 Å². The van der Waals surface area contributed by atoms with Crippen molar-refractivity contribution < 1.29 is 47.2 Å². The molecule has 0 amide bonds. The van der Waals surface area contributed by atoms with Crippen LogP contribution in [0.1, 0.15) is 0 Å². The molecule has 0 aliphatic heterocycles. The summed E-state index contributed by atoms with van der Waals surface area (Å²) in [7, 11) is -19.6. The normalized spacial score (nSPS) is 14.7. The predicted molar refractivity (Wildman–Crippen MR) is 65.6 cm³/mol. The molecule has 0 spiro atoms. The van der Waals surface area contributed by atoms with Crippen LogP contribution < -0.4 is 4.13 Å². The Morgan fingerprint density at radius 1 is 0.739 bits per heavy atom. The highest BCUT2D eigenvalue weighted by Gasteiger charge is 2.62. The molecule has 1 aromatic carbocycles. The molecule has 0 unspecified atom stereocenters. The Bertz CT molecular complexity index is 889. The minimum absolute atomic E-state index is 0.321. The molecule has 0 aliphatic rings. The van der Waals surface area contributed by atoms with Crippen molar-refractivity contribution in [2.24, 2.45) is 0 Å². The van der Waals surface area contributed by atoms with Crippen LogP contribution in [0.25, 0.3) is 0 Å². The van der Waals surface area contributed by atoms with Crippen LogP contribution in [-0.2, 0) is 29.9 Å². The van der Waals surface area contributed by atoms with E-state index in [1.54, 1.807) is 0 Å². The van der Waals surface area contributed by atoms with Gasteiger partial charge in [0.2, 0.25) is 0 Å². The van der Waals surface area contributed by atoms with Gasteiger partial charge in [0, 0.05) is 0 Å². The lowest BCUT2D eigenvalue weighted by atomic mass is 10.4. The molecule has 0 fully saturated rings. The molecule has 132 valence electrons. The smallest absolute Gasteiger partial charge is 0.216 e. The van der Waals surface area contributed by atoms with Crippen LogP contribution in [-0.4, -0.2) is 35.3 Å². The summed E-state index contributed by atoms with van der Waals surface area (Å²) in [5, 5.41) is 0. The third kappa shape index (κ3) is 3.46. The van der Waals surface area contributed by atoms with E-state index in [2.05, 4.69) is 0 Å². The largest absolute Gasteiger partial charge is 0.512 e. The third-order valence-electron chi connectivity index (χ3n) is 2.20. The number of halogens is 5. The maximum atomic E-state index is 13.7. The molecule has 0 aromatic heterocycles. The lowest BCUT2D eigenvalue weighted by molar-refractivity contribution is -0.0441. The van der Waals surface area contributed by atoms with Gasteiger partial charge in [-0.1, -0.05) is 22.3 Å². The van der Waals surface area contributed by atoms with Gasteiger partial charge in [0.25, 0.3) is 9.84 Å². The zero-order valence-corrected chi connectivity index (χ0v) is 12.9. The lowest BCUT2D eigenvalue weighted by Crippen LogP contribution is -2.50. The number of hydrogen-bond acceptors (Lipinski definition) is 6. The Hall–Kier alpha value is -1.32. The van der Waals surface area contributed by atoms with Crippen LogP contribution in [0.3, 0.4) is 0 Å². The fraction of sp³-hybridized carbons (Fsp3) is 0.250. The Balaban J connectivity index is 3.43. The Morgan fingerprint density at radius 2 is 1.17 bits per heavy atom. The second kappa shape index (κ2) is 5.64. The first-order valence-electron chi connectivity index (χ1n) is 5.08. The van der Waals surface area contributed by atoms with E-state index in [1.165, 1.54) is 6.07 Å². The number of sulfonamides is 2. The monoisotopic (exact) mass is 403 g/mol. The number of nitrogens with one attached hydrogen (secondary N) is 1. The minimum Gasteiger partial charge on any atom is -0.216 e. The molecule has 0 aliphatic carbocycles. The van der Waals surface area contributed by atoms with Crippen molar-refractivity contribution in [2.75, 3.05) is 0 Å². The van der Waals surface area contributed by atoms with Crippen LogP contribution in [0.4, 0.5) is 22.0 Å². The molecule has 0 bridgehead atoms. The zero-order chi connectivity index (χ0) is 18.3. The Morgan fingerprint density at radius 3 is 1.57 bits per heavy atom. The fourth-order valence-electron chi connectivity index (χ4n) is 1.12. The van der Waals surface area contributed by atoms with Crippen LogP contribution in [0.2, 0.25) is 0 Å². The second-order valence-corrected chi connectivity index (χ2v) is 9.72. The molecule has 1 rings (SSSR count). The molecule has 7 nitrogen and oxygen atoms in total. The summed E-state index contributed by atoms with van der Waals surface area (Å²) in [6.45, 7) is 0. The molecule has 0 saturated heterocycles. The van der Waals surface area contributed by atoms with Gasteiger partial charge in [-0.15, -0.1) is 0 Å². The Kier molecular flexibility index (Phi) is 4.84. The van der Waals surface area contributed by atoms with Crippen LogP contribution >= 0.6 is 0 Å². The number of alkyl halides is 5. The lowest BCUT2D eigenvalue weighted by Gasteiger charge is -2.18. The van der Waals surface area contributed by atoms with E-state index in [9.17, 15) is 47.2 Å². The summed E-state index contributed by atoms with van der Waals surface area (Å²) in [5.41, 5.74) is -6.24. The molecule has 15 heteroatoms. The summed E-state index contributed by atoms with van der Waals surface area (Å²) in [6.07, 6.45) is 0. The van der Waals surface area contributed by atoms with Crippen molar-refractivity contribution in [3.63, 3.8) is 0 Å². The van der Waals surface area contributed by atoms with Gasteiger partial charge in [-0.3, -0.25) is 0 Å². The van der Waals surface area contributed by atoms with Gasteiger partial charge in [0.15, 0.2) is 0 Å². The number of sulfone groups is 1. The molecule has 1 aromatic rings. The summed E-state index contributed by atoms with van der Waals surface area (Å²) in [4.78, 5) is -1.24. The van der Waals surface area contributed by atoms with Crippen LogP contribution in [0.5, 0.6) is 0 Å². The maximum absolute atomic E-state index is 13.7. The first-order valence-corrected chi connectivity index (χ1v) is 9.53. The van der Waals surface area contributed by atoms with Gasteiger partial charge in [-0.2, -0.15) is 22.0 Å². The van der Waals surface area contributed by atoms with Crippen molar-refractivity contribution >= 4 is 29.9 Å². The van der Waals surface area contributed by atoms with Gasteiger partial charge in [0.1, 0.15) is 0 Å². The zero-order valence-electron chi connectivity index (χ0n) is 10.5. The molecular formula is C8H6F5NO6S3. The van der Waals surface area contributed by atoms with Gasteiger partial charge >= 0.3 is 30.1 Å². The fourth-order valence-corrected chi connectivity index (χ4v) is 5.58. The highest BCUT2D eigenvalue weighted by Crippen LogP contribution is 2.35. The van der Waals surface area contributed by atoms with E-state index < -0.39 is 44.9 Å². The first-order chi connectivity index (χ1) is 10.1. The maximum Gasteiger partial charge on any atom is 0.512 e. The predicted octanol–water partition coefficient (Wildman–Crippen LogP) is 0.780. The van der Waals surface area contributed by atoms with E-state index in [1.807, 2.05) is 0 Å². The van der Waals surface area contributed by atoms with E-state index >= 15 is 0 Å². The quantitative estimate of drug-likeness (QED) is 0.727. The third-order valence-corrected chi connectivity index (χ3v) is 8.03. The van der Waals surface area contributed by atoms with E-state index in [4.69, 9.17) is 0 Å². The molecule has 0 saturated carbocycles. The standard InChI is InChI=1S/C8H6F5NO6S3/c9-7(10,11)22(17,18)14-23(19,20)8(12,13)21(15,16)6-4-2-1-3-5-6/h1-5,14H. The van der Waals surface area contributed by atoms with Crippen molar-refractivity contribution in [2.45, 2.75) is 15.0 Å². The van der Waals surface area contributed by atoms with Gasteiger partial charge in [-0.25, -0.2) is 25.3 Å². The average Bonchev–Trinajstić information content (AvgIpc) is 2.36. The highest BCUT2D eigenvalue weighted by atomic mass is 32.3. The topological polar surface area (TPSA) is 114 Å². The summed E-state index contributed by atoms with van der Waals surface area (Å²) >= 11 is 0. The van der Waals surface area contributed by atoms with E-state index in [0.717, 1.165) is 12.1 Å². The molecule has 0 radical (unpaired) electrons. The van der Waals surface area contributed by atoms with E-state index in [0.29, 0.717) is 12.1 Å².